The van der Waals surface area contributed by atoms with Gasteiger partial charge in [0, 0.05) is 23.5 Å². The van der Waals surface area contributed by atoms with E-state index < -0.39 is 5.82 Å². The van der Waals surface area contributed by atoms with E-state index in [2.05, 4.69) is 10.3 Å². The number of nitrogens with zero attached hydrogens (tertiary/aromatic N) is 2. The van der Waals surface area contributed by atoms with Crippen molar-refractivity contribution < 1.29 is 18.3 Å². The van der Waals surface area contributed by atoms with Crippen LogP contribution in [0.25, 0.3) is 16.9 Å². The molecule has 29 heavy (non-hydrogen) atoms. The molecule has 0 saturated heterocycles. The molecule has 3 heterocycles. The third-order valence-corrected chi connectivity index (χ3v) is 4.85. The van der Waals surface area contributed by atoms with Gasteiger partial charge in [-0.2, -0.15) is 0 Å². The molecule has 0 spiro atoms. The van der Waals surface area contributed by atoms with Gasteiger partial charge in [-0.15, -0.1) is 0 Å². The molecule has 0 amide bonds. The third kappa shape index (κ3) is 3.04. The maximum atomic E-state index is 14.7. The van der Waals surface area contributed by atoms with Gasteiger partial charge in [-0.05, 0) is 42.8 Å². The number of ether oxygens (including phenoxy) is 2. The number of anilines is 2. The summed E-state index contributed by atoms with van der Waals surface area (Å²) in [4.78, 5) is 4.57. The average molecular weight is 393 g/mol. The summed E-state index contributed by atoms with van der Waals surface area (Å²) in [6.07, 6.45) is 1.32. The quantitative estimate of drug-likeness (QED) is 0.526. The van der Waals surface area contributed by atoms with Gasteiger partial charge < -0.3 is 14.8 Å². The van der Waals surface area contributed by atoms with Crippen LogP contribution in [0.1, 0.15) is 5.56 Å². The fraction of sp³-hybridized carbons (Fsp3) is 0.136. The lowest BCUT2D eigenvalue weighted by Crippen LogP contribution is -2.15. The minimum Gasteiger partial charge on any atom is -0.486 e. The van der Waals surface area contributed by atoms with Gasteiger partial charge in [-0.1, -0.05) is 12.1 Å². The highest BCUT2D eigenvalue weighted by Gasteiger charge is 2.20. The van der Waals surface area contributed by atoms with Crippen molar-refractivity contribution in [3.05, 3.63) is 71.9 Å². The molecule has 1 aliphatic heterocycles. The molecule has 5 nitrogen and oxygen atoms in total. The Morgan fingerprint density at radius 3 is 2.66 bits per heavy atom. The first-order chi connectivity index (χ1) is 14.1. The van der Waals surface area contributed by atoms with E-state index in [1.807, 2.05) is 19.1 Å². The van der Waals surface area contributed by atoms with Crippen LogP contribution in [-0.2, 0) is 0 Å². The molecule has 0 radical (unpaired) electrons. The molecule has 1 N–H and O–H groups in total. The van der Waals surface area contributed by atoms with Gasteiger partial charge in [0.25, 0.3) is 0 Å². The van der Waals surface area contributed by atoms with Crippen molar-refractivity contribution in [1.82, 2.24) is 9.38 Å². The highest BCUT2D eigenvalue weighted by atomic mass is 19.1. The van der Waals surface area contributed by atoms with E-state index in [1.54, 1.807) is 28.7 Å². The molecule has 2 aromatic carbocycles. The minimum atomic E-state index is -0.420. The Bertz CT molecular complexity index is 1220. The molecule has 1 aliphatic rings. The van der Waals surface area contributed by atoms with Crippen LogP contribution in [-0.4, -0.2) is 22.6 Å². The number of benzene rings is 2. The monoisotopic (exact) mass is 393 g/mol. The molecule has 0 atom stereocenters. The summed E-state index contributed by atoms with van der Waals surface area (Å²) in [6.45, 7) is 2.79. The van der Waals surface area contributed by atoms with Crippen LogP contribution in [0.5, 0.6) is 11.5 Å². The molecule has 0 aliphatic carbocycles. The second kappa shape index (κ2) is 6.77. The van der Waals surface area contributed by atoms with Gasteiger partial charge in [0.05, 0.1) is 0 Å². The normalized spacial score (nSPS) is 12.9. The number of nitrogens with one attached hydrogen (secondary N) is 1. The van der Waals surface area contributed by atoms with E-state index >= 15 is 0 Å². The second-order valence-corrected chi connectivity index (χ2v) is 6.80. The van der Waals surface area contributed by atoms with Gasteiger partial charge in [0.15, 0.2) is 11.5 Å². The lowest BCUT2D eigenvalue weighted by molar-refractivity contribution is 0.171. The fourth-order valence-electron chi connectivity index (χ4n) is 3.50. The lowest BCUT2D eigenvalue weighted by atomic mass is 10.0. The Hall–Kier alpha value is -3.61. The summed E-state index contributed by atoms with van der Waals surface area (Å²) in [7, 11) is 0. The van der Waals surface area contributed by atoms with Crippen LogP contribution in [0.3, 0.4) is 0 Å². The second-order valence-electron chi connectivity index (χ2n) is 6.80. The van der Waals surface area contributed by atoms with Crippen molar-refractivity contribution in [3.63, 3.8) is 0 Å². The Kier molecular flexibility index (Phi) is 4.08. The SMILES string of the molecule is Cc1cccc(F)c1-c1nc2ccc(F)cn2c1Nc1ccc2c(c1)OCCO2. The van der Waals surface area contributed by atoms with Crippen molar-refractivity contribution in [2.24, 2.45) is 0 Å². The number of fused-ring (bicyclic) bond motifs is 2. The van der Waals surface area contributed by atoms with Crippen molar-refractivity contribution in [1.29, 1.82) is 0 Å². The van der Waals surface area contributed by atoms with E-state index in [4.69, 9.17) is 9.47 Å². The molecule has 5 rings (SSSR count). The Balaban J connectivity index is 1.68. The minimum absolute atomic E-state index is 0.372. The highest BCUT2D eigenvalue weighted by molar-refractivity contribution is 5.82. The zero-order chi connectivity index (χ0) is 20.0. The maximum absolute atomic E-state index is 14.7. The van der Waals surface area contributed by atoms with Gasteiger partial charge >= 0.3 is 0 Å². The van der Waals surface area contributed by atoms with Crippen molar-refractivity contribution in [2.45, 2.75) is 6.92 Å². The zero-order valence-corrected chi connectivity index (χ0v) is 15.6. The predicted molar refractivity (Wildman–Crippen MR) is 106 cm³/mol. The molecule has 0 bridgehead atoms. The van der Waals surface area contributed by atoms with Crippen LogP contribution in [0.15, 0.2) is 54.7 Å². The van der Waals surface area contributed by atoms with Crippen molar-refractivity contribution in [2.75, 3.05) is 18.5 Å². The first-order valence-electron chi connectivity index (χ1n) is 9.20. The molecule has 7 heteroatoms. The number of halogens is 2. The highest BCUT2D eigenvalue weighted by Crippen LogP contribution is 2.37. The van der Waals surface area contributed by atoms with Crippen LogP contribution in [0.2, 0.25) is 0 Å². The molecule has 0 saturated carbocycles. The third-order valence-electron chi connectivity index (χ3n) is 4.85. The van der Waals surface area contributed by atoms with Gasteiger partial charge in [-0.25, -0.2) is 13.8 Å². The van der Waals surface area contributed by atoms with Crippen LogP contribution in [0, 0.1) is 18.6 Å². The summed E-state index contributed by atoms with van der Waals surface area (Å²) < 4.78 is 41.4. The van der Waals surface area contributed by atoms with Gasteiger partial charge in [0.2, 0.25) is 0 Å². The number of aryl methyl sites for hydroxylation is 1. The number of imidazole rings is 1. The first-order valence-corrected chi connectivity index (χ1v) is 9.20. The molecule has 0 fully saturated rings. The summed E-state index contributed by atoms with van der Waals surface area (Å²) >= 11 is 0. The Morgan fingerprint density at radius 2 is 1.83 bits per heavy atom. The summed E-state index contributed by atoms with van der Waals surface area (Å²) in [5, 5.41) is 3.26. The summed E-state index contributed by atoms with van der Waals surface area (Å²) in [5.41, 5.74) is 2.71. The summed E-state index contributed by atoms with van der Waals surface area (Å²) in [6, 6.07) is 13.2. The van der Waals surface area contributed by atoms with Crippen LogP contribution in [0.4, 0.5) is 20.3 Å². The Morgan fingerprint density at radius 1 is 1.00 bits per heavy atom. The van der Waals surface area contributed by atoms with E-state index in [0.29, 0.717) is 53.1 Å². The largest absolute Gasteiger partial charge is 0.486 e. The first kappa shape index (κ1) is 17.5. The summed E-state index contributed by atoms with van der Waals surface area (Å²) in [5.74, 6) is 0.932. The molecule has 0 unspecified atom stereocenters. The lowest BCUT2D eigenvalue weighted by Gasteiger charge is -2.19. The molecular formula is C22H17F2N3O2. The average Bonchev–Trinajstić information content (AvgIpc) is 3.05. The topological polar surface area (TPSA) is 47.8 Å². The van der Waals surface area contributed by atoms with Crippen molar-refractivity contribution in [3.8, 4) is 22.8 Å². The molecule has 146 valence electrons. The molecular weight excluding hydrogens is 376 g/mol. The number of aromatic nitrogens is 2. The Labute approximate surface area is 165 Å². The predicted octanol–water partition coefficient (Wildman–Crippen LogP) is 5.10. The molecule has 4 aromatic rings. The number of hydrogen-bond donors (Lipinski definition) is 1. The maximum Gasteiger partial charge on any atom is 0.163 e. The molecule has 2 aromatic heterocycles. The standard InChI is InChI=1S/C22H17F2N3O2/c1-13-3-2-4-16(24)20(13)21-22(27-12-14(23)5-8-19(27)26-21)25-15-6-7-17-18(11-15)29-10-9-28-17/h2-8,11-12,25H,9-10H2,1H3. The van der Waals surface area contributed by atoms with Crippen LogP contribution < -0.4 is 14.8 Å². The van der Waals surface area contributed by atoms with E-state index in [9.17, 15) is 8.78 Å². The van der Waals surface area contributed by atoms with E-state index in [0.717, 1.165) is 5.56 Å². The number of pyridine rings is 1. The smallest absolute Gasteiger partial charge is 0.163 e. The zero-order valence-electron chi connectivity index (χ0n) is 15.6. The van der Waals surface area contributed by atoms with E-state index in [-0.39, 0.29) is 5.82 Å². The fourth-order valence-corrected chi connectivity index (χ4v) is 3.50. The van der Waals surface area contributed by atoms with Gasteiger partial charge in [-0.3, -0.25) is 4.40 Å². The van der Waals surface area contributed by atoms with E-state index in [1.165, 1.54) is 18.3 Å². The van der Waals surface area contributed by atoms with Crippen LogP contribution >= 0.6 is 0 Å². The van der Waals surface area contributed by atoms with Gasteiger partial charge in [0.1, 0.15) is 42.0 Å². The van der Waals surface area contributed by atoms with Crippen molar-refractivity contribution >= 4 is 17.2 Å². The number of rotatable bonds is 3. The number of hydrogen-bond acceptors (Lipinski definition) is 4.